The summed E-state index contributed by atoms with van der Waals surface area (Å²) in [6.07, 6.45) is 1.55. The third-order valence-corrected chi connectivity index (χ3v) is 3.61. The van der Waals surface area contributed by atoms with Gasteiger partial charge in [-0.2, -0.15) is 0 Å². The van der Waals surface area contributed by atoms with E-state index in [1.54, 1.807) is 11.8 Å². The van der Waals surface area contributed by atoms with Gasteiger partial charge in [0.15, 0.2) is 0 Å². The van der Waals surface area contributed by atoms with E-state index >= 15 is 0 Å². The summed E-state index contributed by atoms with van der Waals surface area (Å²) in [5.41, 5.74) is 0.129. The summed E-state index contributed by atoms with van der Waals surface area (Å²) < 4.78 is 0. The molecule has 1 saturated heterocycles. The van der Waals surface area contributed by atoms with E-state index in [-0.39, 0.29) is 11.6 Å². The van der Waals surface area contributed by atoms with Crippen LogP contribution in [-0.4, -0.2) is 39.5 Å². The average Bonchev–Trinajstić information content (AvgIpc) is 2.34. The van der Waals surface area contributed by atoms with Crippen molar-refractivity contribution in [3.05, 3.63) is 39.4 Å². The van der Waals surface area contributed by atoms with Gasteiger partial charge in [-0.1, -0.05) is 13.3 Å². The van der Waals surface area contributed by atoms with Gasteiger partial charge >= 0.3 is 0 Å². The molecular weight excluding hydrogens is 260 g/mol. The molecule has 1 amide bonds. The number of carbonyl (C=O) groups is 1. The van der Waals surface area contributed by atoms with Gasteiger partial charge < -0.3 is 10.0 Å². The van der Waals surface area contributed by atoms with Crippen LogP contribution in [0.15, 0.2) is 18.2 Å². The Morgan fingerprint density at radius 3 is 2.65 bits per heavy atom. The second kappa shape index (κ2) is 5.20. The Balaban J connectivity index is 2.08. The van der Waals surface area contributed by atoms with Crippen LogP contribution in [0.1, 0.15) is 35.7 Å². The third kappa shape index (κ3) is 2.65. The minimum absolute atomic E-state index is 0.00708. The number of nitrogens with zero attached hydrogens (tertiary/aromatic N) is 2. The van der Waals surface area contributed by atoms with Crippen LogP contribution < -0.4 is 0 Å². The Bertz CT molecular complexity index is 550. The molecule has 0 saturated carbocycles. The van der Waals surface area contributed by atoms with Gasteiger partial charge in [0.2, 0.25) is 0 Å². The molecule has 1 heterocycles. The molecular formula is C14H18N2O4. The first-order chi connectivity index (χ1) is 9.36. The zero-order chi connectivity index (χ0) is 14.9. The maximum Gasteiger partial charge on any atom is 0.272 e. The molecule has 20 heavy (non-hydrogen) atoms. The Kier molecular flexibility index (Phi) is 3.76. The second-order valence-electron chi connectivity index (χ2n) is 5.39. The molecule has 0 atom stereocenters. The van der Waals surface area contributed by atoms with Crippen molar-refractivity contribution in [2.45, 2.75) is 32.3 Å². The molecule has 0 spiro atoms. The average molecular weight is 278 g/mol. The lowest BCUT2D eigenvalue weighted by molar-refractivity contribution is -0.385. The van der Waals surface area contributed by atoms with Crippen LogP contribution in [-0.2, 0) is 0 Å². The molecule has 1 aromatic carbocycles. The Hall–Kier alpha value is -1.95. The van der Waals surface area contributed by atoms with E-state index in [1.165, 1.54) is 18.2 Å². The third-order valence-electron chi connectivity index (χ3n) is 3.61. The van der Waals surface area contributed by atoms with E-state index in [4.69, 9.17) is 0 Å². The molecule has 1 aliphatic heterocycles. The summed E-state index contributed by atoms with van der Waals surface area (Å²) in [6, 6.07) is 4.34. The van der Waals surface area contributed by atoms with Crippen molar-refractivity contribution in [1.82, 2.24) is 4.90 Å². The van der Waals surface area contributed by atoms with Crippen molar-refractivity contribution in [3.8, 4) is 0 Å². The number of β-amino-alcohol motifs (C(OH)–C–C–N with tert-alkyl or cyclic N) is 1. The van der Waals surface area contributed by atoms with Crippen LogP contribution >= 0.6 is 0 Å². The normalized spacial score (nSPS) is 16.6. The van der Waals surface area contributed by atoms with Gasteiger partial charge in [0.25, 0.3) is 11.6 Å². The van der Waals surface area contributed by atoms with Gasteiger partial charge in [0.1, 0.15) is 0 Å². The van der Waals surface area contributed by atoms with E-state index in [0.717, 1.165) is 6.42 Å². The molecule has 108 valence electrons. The highest BCUT2D eigenvalue weighted by Crippen LogP contribution is 2.28. The van der Waals surface area contributed by atoms with Crippen LogP contribution in [0.3, 0.4) is 0 Å². The van der Waals surface area contributed by atoms with E-state index in [2.05, 4.69) is 0 Å². The first kappa shape index (κ1) is 14.5. The highest BCUT2D eigenvalue weighted by molar-refractivity contribution is 5.95. The van der Waals surface area contributed by atoms with Crippen LogP contribution in [0.25, 0.3) is 0 Å². The van der Waals surface area contributed by atoms with Crippen LogP contribution in [0.4, 0.5) is 5.69 Å². The maximum atomic E-state index is 12.2. The predicted octanol–water partition coefficient (Wildman–Crippen LogP) is 1.89. The number of likely N-dealkylation sites (tertiary alicyclic amines) is 1. The molecule has 6 nitrogen and oxygen atoms in total. The first-order valence-corrected chi connectivity index (χ1v) is 6.63. The number of aliphatic hydroxyl groups is 1. The van der Waals surface area contributed by atoms with Crippen molar-refractivity contribution in [2.24, 2.45) is 0 Å². The lowest BCUT2D eigenvalue weighted by atomic mass is 9.88. The summed E-state index contributed by atoms with van der Waals surface area (Å²) in [6.45, 7) is 4.26. The summed E-state index contributed by atoms with van der Waals surface area (Å²) >= 11 is 0. The standard InChI is InChI=1S/C14H18N2O4/c1-3-6-14(18)8-15(9-14)13(17)11-4-5-12(16(19)20)10(2)7-11/h4-5,7,18H,3,6,8-9H2,1-2H3. The van der Waals surface area contributed by atoms with E-state index in [9.17, 15) is 20.0 Å². The molecule has 6 heteroatoms. The van der Waals surface area contributed by atoms with Gasteiger partial charge in [0, 0.05) is 17.2 Å². The largest absolute Gasteiger partial charge is 0.386 e. The minimum atomic E-state index is -0.764. The Labute approximate surface area is 117 Å². The molecule has 0 unspecified atom stereocenters. The number of amides is 1. The molecule has 1 N–H and O–H groups in total. The monoisotopic (exact) mass is 278 g/mol. The number of nitro groups is 1. The molecule has 1 fully saturated rings. The maximum absolute atomic E-state index is 12.2. The van der Waals surface area contributed by atoms with Gasteiger partial charge in [-0.15, -0.1) is 0 Å². The molecule has 2 rings (SSSR count). The number of hydrogen-bond acceptors (Lipinski definition) is 4. The number of aryl methyl sites for hydroxylation is 1. The van der Waals surface area contributed by atoms with Crippen molar-refractivity contribution in [1.29, 1.82) is 0 Å². The zero-order valence-corrected chi connectivity index (χ0v) is 11.6. The first-order valence-electron chi connectivity index (χ1n) is 6.63. The van der Waals surface area contributed by atoms with Crippen LogP contribution in [0, 0.1) is 17.0 Å². The van der Waals surface area contributed by atoms with Crippen molar-refractivity contribution in [3.63, 3.8) is 0 Å². The van der Waals surface area contributed by atoms with Crippen molar-refractivity contribution in [2.75, 3.05) is 13.1 Å². The fourth-order valence-electron chi connectivity index (χ4n) is 2.61. The van der Waals surface area contributed by atoms with Crippen LogP contribution in [0.5, 0.6) is 0 Å². The number of nitro benzene ring substituents is 1. The number of rotatable bonds is 4. The number of hydrogen-bond donors (Lipinski definition) is 1. The van der Waals surface area contributed by atoms with Crippen molar-refractivity contribution < 1.29 is 14.8 Å². The number of benzene rings is 1. The highest BCUT2D eigenvalue weighted by atomic mass is 16.6. The lowest BCUT2D eigenvalue weighted by Gasteiger charge is -2.46. The minimum Gasteiger partial charge on any atom is -0.386 e. The molecule has 1 aromatic rings. The molecule has 1 aliphatic rings. The molecule has 0 aromatic heterocycles. The summed E-state index contributed by atoms with van der Waals surface area (Å²) in [5, 5.41) is 20.8. The fourth-order valence-corrected chi connectivity index (χ4v) is 2.61. The van der Waals surface area contributed by atoms with E-state index < -0.39 is 10.5 Å². The fraction of sp³-hybridized carbons (Fsp3) is 0.500. The van der Waals surface area contributed by atoms with E-state index in [0.29, 0.717) is 30.6 Å². The van der Waals surface area contributed by atoms with Gasteiger partial charge in [0.05, 0.1) is 23.6 Å². The van der Waals surface area contributed by atoms with Gasteiger partial charge in [-0.05, 0) is 25.5 Å². The lowest BCUT2D eigenvalue weighted by Crippen LogP contribution is -2.63. The topological polar surface area (TPSA) is 83.7 Å². The van der Waals surface area contributed by atoms with Crippen molar-refractivity contribution >= 4 is 11.6 Å². The zero-order valence-electron chi connectivity index (χ0n) is 11.6. The van der Waals surface area contributed by atoms with Gasteiger partial charge in [-0.3, -0.25) is 14.9 Å². The molecule has 0 radical (unpaired) electrons. The highest BCUT2D eigenvalue weighted by Gasteiger charge is 2.42. The quantitative estimate of drug-likeness (QED) is 0.673. The summed E-state index contributed by atoms with van der Waals surface area (Å²) in [7, 11) is 0. The second-order valence-corrected chi connectivity index (χ2v) is 5.39. The summed E-state index contributed by atoms with van der Waals surface area (Å²) in [5.74, 6) is -0.191. The van der Waals surface area contributed by atoms with Gasteiger partial charge in [-0.25, -0.2) is 0 Å². The SMILES string of the molecule is CCCC1(O)CN(C(=O)c2ccc([N+](=O)[O-])c(C)c2)C1. The smallest absolute Gasteiger partial charge is 0.272 e. The predicted molar refractivity (Wildman–Crippen MR) is 73.6 cm³/mol. The Morgan fingerprint density at radius 1 is 1.50 bits per heavy atom. The van der Waals surface area contributed by atoms with Crippen LogP contribution in [0.2, 0.25) is 0 Å². The number of carbonyl (C=O) groups excluding carboxylic acids is 1. The summed E-state index contributed by atoms with van der Waals surface area (Å²) in [4.78, 5) is 24.0. The van der Waals surface area contributed by atoms with E-state index in [1.807, 2.05) is 6.92 Å². The Morgan fingerprint density at radius 2 is 2.15 bits per heavy atom. The molecule has 0 bridgehead atoms. The molecule has 0 aliphatic carbocycles.